The minimum absolute atomic E-state index is 0.0305. The van der Waals surface area contributed by atoms with E-state index in [9.17, 15) is 15.0 Å². The van der Waals surface area contributed by atoms with Gasteiger partial charge in [0.25, 0.3) is 0 Å². The van der Waals surface area contributed by atoms with Gasteiger partial charge >= 0.3 is 0 Å². The number of ether oxygens (including phenoxy) is 1. The van der Waals surface area contributed by atoms with Gasteiger partial charge in [0.15, 0.2) is 12.0 Å². The lowest BCUT2D eigenvalue weighted by Crippen LogP contribution is -2.48. The second-order valence-corrected chi connectivity index (χ2v) is 11.4. The van der Waals surface area contributed by atoms with Crippen molar-refractivity contribution in [1.82, 2.24) is 4.90 Å². The number of aliphatic hydroxyl groups excluding tert-OH is 1. The van der Waals surface area contributed by atoms with Crippen molar-refractivity contribution < 1.29 is 19.7 Å². The quantitative estimate of drug-likeness (QED) is 0.225. The van der Waals surface area contributed by atoms with Crippen molar-refractivity contribution in [2.45, 2.75) is 44.6 Å². The number of halogens is 2. The zero-order valence-corrected chi connectivity index (χ0v) is 22.9. The second-order valence-electron chi connectivity index (χ2n) is 10.6. The van der Waals surface area contributed by atoms with Gasteiger partial charge in [-0.1, -0.05) is 59.6 Å². The Morgan fingerprint density at radius 2 is 1.54 bits per heavy atom. The Morgan fingerprint density at radius 3 is 2.05 bits per heavy atom. The highest BCUT2D eigenvalue weighted by Gasteiger charge is 2.48. The van der Waals surface area contributed by atoms with Crippen LogP contribution in [0.1, 0.15) is 59.3 Å². The van der Waals surface area contributed by atoms with E-state index in [0.29, 0.717) is 39.9 Å². The Labute approximate surface area is 228 Å². The molecule has 1 fully saturated rings. The fraction of sp³-hybridized carbons (Fsp3) is 0.367. The van der Waals surface area contributed by atoms with Gasteiger partial charge in [-0.2, -0.15) is 0 Å². The zero-order chi connectivity index (χ0) is 26.8. The van der Waals surface area contributed by atoms with E-state index in [1.807, 2.05) is 55.6 Å². The van der Waals surface area contributed by atoms with E-state index in [-0.39, 0.29) is 12.0 Å². The van der Waals surface area contributed by atoms with E-state index in [2.05, 4.69) is 4.90 Å². The lowest BCUT2D eigenvalue weighted by atomic mass is 9.85. The van der Waals surface area contributed by atoms with Crippen LogP contribution in [-0.4, -0.2) is 41.7 Å². The maximum atomic E-state index is 12.5. The summed E-state index contributed by atoms with van der Waals surface area (Å²) in [4.78, 5) is 14.5. The normalized spacial score (nSPS) is 16.4. The number of rotatable bonds is 11. The third-order valence-corrected chi connectivity index (χ3v) is 7.74. The molecule has 0 aromatic heterocycles. The summed E-state index contributed by atoms with van der Waals surface area (Å²) in [7, 11) is 1.94. The molecule has 1 saturated carbocycles. The largest absolute Gasteiger partial charge is 0.396 e. The summed E-state index contributed by atoms with van der Waals surface area (Å²) in [6.45, 7) is 4.19. The predicted octanol–water partition coefficient (Wildman–Crippen LogP) is 6.16. The summed E-state index contributed by atoms with van der Waals surface area (Å²) >= 11 is 12.4. The van der Waals surface area contributed by atoms with Gasteiger partial charge in [0.1, 0.15) is 0 Å². The molecular weight excluding hydrogens is 509 g/mol. The van der Waals surface area contributed by atoms with Crippen molar-refractivity contribution in [3.63, 3.8) is 0 Å². The molecule has 0 spiro atoms. The van der Waals surface area contributed by atoms with Gasteiger partial charge in [-0.15, -0.1) is 0 Å². The molecule has 1 atom stereocenters. The fourth-order valence-corrected chi connectivity index (χ4v) is 4.89. The Kier molecular flexibility index (Phi) is 8.15. The molecule has 3 aromatic carbocycles. The number of benzene rings is 3. The molecule has 196 valence electrons. The lowest BCUT2D eigenvalue weighted by Gasteiger charge is -2.44. The molecule has 3 aromatic rings. The average molecular weight is 543 g/mol. The first-order valence-electron chi connectivity index (χ1n) is 12.3. The van der Waals surface area contributed by atoms with Gasteiger partial charge in [0, 0.05) is 38.7 Å². The van der Waals surface area contributed by atoms with Gasteiger partial charge in [-0.05, 0) is 75.2 Å². The van der Waals surface area contributed by atoms with Gasteiger partial charge in [-0.3, -0.25) is 9.69 Å². The second kappa shape index (κ2) is 10.9. The predicted molar refractivity (Wildman–Crippen MR) is 147 cm³/mol. The molecule has 5 nitrogen and oxygen atoms in total. The van der Waals surface area contributed by atoms with Crippen LogP contribution in [0.25, 0.3) is 0 Å². The minimum Gasteiger partial charge on any atom is -0.396 e. The van der Waals surface area contributed by atoms with E-state index < -0.39 is 11.3 Å². The molecule has 0 heterocycles. The lowest BCUT2D eigenvalue weighted by molar-refractivity contribution is -0.144. The molecule has 0 unspecified atom stereocenters. The fourth-order valence-electron chi connectivity index (χ4n) is 4.64. The van der Waals surface area contributed by atoms with Gasteiger partial charge in [0.05, 0.1) is 18.8 Å². The van der Waals surface area contributed by atoms with Crippen molar-refractivity contribution in [1.29, 1.82) is 0 Å². The van der Waals surface area contributed by atoms with Crippen LogP contribution in [0.4, 0.5) is 0 Å². The number of carbonyl (C=O) groups is 1. The Bertz CT molecular complexity index is 1230. The molecule has 4 rings (SSSR count). The summed E-state index contributed by atoms with van der Waals surface area (Å²) in [5, 5.41) is 21.9. The SMILES string of the molecule is CN(Cc1ccc(Cl)cc1)[C@@](OCC1(CO)CC1)(c1ccc(Cl)cc1)c1ccc(C(C)(C)O)cc1C=O. The first kappa shape index (κ1) is 27.8. The molecule has 0 radical (unpaired) electrons. The maximum Gasteiger partial charge on any atom is 0.174 e. The summed E-state index contributed by atoms with van der Waals surface area (Å²) in [5.74, 6) is 0. The van der Waals surface area contributed by atoms with E-state index in [0.717, 1.165) is 30.3 Å². The van der Waals surface area contributed by atoms with Crippen LogP contribution in [-0.2, 0) is 22.6 Å². The third kappa shape index (κ3) is 5.93. The first-order valence-corrected chi connectivity index (χ1v) is 13.1. The molecule has 0 amide bonds. The topological polar surface area (TPSA) is 70.0 Å². The average Bonchev–Trinajstić information content (AvgIpc) is 3.66. The van der Waals surface area contributed by atoms with Crippen LogP contribution in [0.15, 0.2) is 66.7 Å². The van der Waals surface area contributed by atoms with Crippen LogP contribution in [0.5, 0.6) is 0 Å². The van der Waals surface area contributed by atoms with E-state index in [1.165, 1.54) is 0 Å². The number of carbonyl (C=O) groups excluding carboxylic acids is 1. The third-order valence-electron chi connectivity index (χ3n) is 7.24. The van der Waals surface area contributed by atoms with Crippen LogP contribution < -0.4 is 0 Å². The summed E-state index contributed by atoms with van der Waals surface area (Å²) in [6.07, 6.45) is 2.55. The van der Waals surface area contributed by atoms with E-state index in [1.54, 1.807) is 32.0 Å². The number of hydrogen-bond donors (Lipinski definition) is 2. The Balaban J connectivity index is 1.92. The van der Waals surface area contributed by atoms with Crippen molar-refractivity contribution in [3.8, 4) is 0 Å². The minimum atomic E-state index is -1.19. The van der Waals surface area contributed by atoms with Crippen LogP contribution in [0, 0.1) is 5.41 Å². The van der Waals surface area contributed by atoms with Crippen molar-refractivity contribution in [2.75, 3.05) is 20.3 Å². The number of aliphatic hydroxyl groups is 2. The highest BCUT2D eigenvalue weighted by molar-refractivity contribution is 6.30. The molecular formula is C30H33Cl2NO4. The zero-order valence-electron chi connectivity index (χ0n) is 21.4. The summed E-state index contributed by atoms with van der Waals surface area (Å²) in [6, 6.07) is 20.4. The standard InChI is InChI=1S/C30H33Cl2NO4/c1-28(2,36)24-8-13-27(22(16-24)18-34)30(23-6-11-26(32)12-7-23,37-20-29(19-35)14-15-29)33(3)17-21-4-9-25(31)10-5-21/h4-13,16,18,35-36H,14-15,17,19-20H2,1-3H3/t30-/m1/s1. The number of aldehydes is 1. The smallest absolute Gasteiger partial charge is 0.174 e. The van der Waals surface area contributed by atoms with Crippen molar-refractivity contribution in [2.24, 2.45) is 5.41 Å². The molecule has 1 aliphatic carbocycles. The van der Waals surface area contributed by atoms with Crippen molar-refractivity contribution >= 4 is 29.5 Å². The number of nitrogens with zero attached hydrogens (tertiary/aromatic N) is 1. The van der Waals surface area contributed by atoms with Crippen LogP contribution in [0.3, 0.4) is 0 Å². The summed E-state index contributed by atoms with van der Waals surface area (Å²) in [5.41, 5.74) is 0.868. The van der Waals surface area contributed by atoms with Crippen LogP contribution in [0.2, 0.25) is 10.0 Å². The molecule has 0 saturated heterocycles. The molecule has 0 aliphatic heterocycles. The van der Waals surface area contributed by atoms with Crippen LogP contribution >= 0.6 is 23.2 Å². The monoisotopic (exact) mass is 541 g/mol. The highest BCUT2D eigenvalue weighted by atomic mass is 35.5. The van der Waals surface area contributed by atoms with Gasteiger partial charge in [0.2, 0.25) is 0 Å². The van der Waals surface area contributed by atoms with Gasteiger partial charge < -0.3 is 14.9 Å². The van der Waals surface area contributed by atoms with E-state index in [4.69, 9.17) is 27.9 Å². The first-order chi connectivity index (χ1) is 17.5. The summed E-state index contributed by atoms with van der Waals surface area (Å²) < 4.78 is 6.86. The molecule has 0 bridgehead atoms. The maximum absolute atomic E-state index is 12.5. The molecule has 1 aliphatic rings. The number of hydrogen-bond acceptors (Lipinski definition) is 5. The van der Waals surface area contributed by atoms with E-state index >= 15 is 0 Å². The molecule has 7 heteroatoms. The Morgan fingerprint density at radius 1 is 0.973 bits per heavy atom. The Hall–Kier alpha value is -2.25. The molecule has 37 heavy (non-hydrogen) atoms. The highest BCUT2D eigenvalue weighted by Crippen LogP contribution is 2.49. The van der Waals surface area contributed by atoms with Gasteiger partial charge in [-0.25, -0.2) is 0 Å². The van der Waals surface area contributed by atoms with Crippen molar-refractivity contribution in [3.05, 3.63) is 105 Å². The molecule has 2 N–H and O–H groups in total.